The lowest BCUT2D eigenvalue weighted by Gasteiger charge is -2.11. The maximum absolute atomic E-state index is 12.5. The van der Waals surface area contributed by atoms with Gasteiger partial charge in [-0.2, -0.15) is 0 Å². The van der Waals surface area contributed by atoms with Gasteiger partial charge >= 0.3 is 0 Å². The highest BCUT2D eigenvalue weighted by Gasteiger charge is 2.10. The summed E-state index contributed by atoms with van der Waals surface area (Å²) in [6.45, 7) is 1.89. The number of anilines is 1. The summed E-state index contributed by atoms with van der Waals surface area (Å²) in [6.07, 6.45) is 6.49. The van der Waals surface area contributed by atoms with Crippen molar-refractivity contribution in [3.63, 3.8) is 0 Å². The first-order chi connectivity index (χ1) is 14.2. The Morgan fingerprint density at radius 1 is 0.966 bits per heavy atom. The number of hydrogen-bond donors (Lipinski definition) is 2. The molecule has 158 valence electrons. The molecule has 0 aliphatic rings. The maximum Gasteiger partial charge on any atom is 0.162 e. The van der Waals surface area contributed by atoms with Crippen molar-refractivity contribution in [1.82, 2.24) is 5.32 Å². The van der Waals surface area contributed by atoms with Crippen molar-refractivity contribution in [2.75, 3.05) is 38.3 Å². The molecule has 0 saturated carbocycles. The Bertz CT molecular complexity index is 768. The van der Waals surface area contributed by atoms with Crippen LogP contribution in [0, 0.1) is 0 Å². The van der Waals surface area contributed by atoms with E-state index in [9.17, 15) is 4.79 Å². The molecule has 2 aromatic rings. The Labute approximate surface area is 178 Å². The summed E-state index contributed by atoms with van der Waals surface area (Å²) in [5.41, 5.74) is 2.80. The lowest BCUT2D eigenvalue weighted by molar-refractivity contribution is 0.0979. The van der Waals surface area contributed by atoms with Crippen LogP contribution < -0.4 is 19.5 Å². The van der Waals surface area contributed by atoms with E-state index in [2.05, 4.69) is 16.1 Å². The van der Waals surface area contributed by atoms with Crippen LogP contribution >= 0.6 is 11.9 Å². The van der Waals surface area contributed by atoms with Gasteiger partial charge in [-0.25, -0.2) is 0 Å². The quantitative estimate of drug-likeness (QED) is 0.258. The third-order valence-corrected chi connectivity index (χ3v) is 5.18. The molecule has 2 N–H and O–H groups in total. The Kier molecular flexibility index (Phi) is 10.5. The highest BCUT2D eigenvalue weighted by Crippen LogP contribution is 2.28. The minimum absolute atomic E-state index is 0.181. The van der Waals surface area contributed by atoms with E-state index in [1.165, 1.54) is 17.5 Å². The SMILES string of the molecule is COc1ccccc1CCNCCCCCC(=O)c1ccc(OC)c(NSC)c1. The topological polar surface area (TPSA) is 59.6 Å². The fourth-order valence-corrected chi connectivity index (χ4v) is 3.56. The van der Waals surface area contributed by atoms with E-state index < -0.39 is 0 Å². The molecule has 0 aromatic heterocycles. The van der Waals surface area contributed by atoms with Gasteiger partial charge in [-0.1, -0.05) is 36.6 Å². The smallest absolute Gasteiger partial charge is 0.162 e. The van der Waals surface area contributed by atoms with Gasteiger partial charge in [-0.3, -0.25) is 4.79 Å². The summed E-state index contributed by atoms with van der Waals surface area (Å²) in [4.78, 5) is 12.5. The molecule has 29 heavy (non-hydrogen) atoms. The third kappa shape index (κ3) is 7.63. The standard InChI is InChI=1S/C23H32N2O3S/c1-27-22-11-7-6-9-18(22)14-16-24-15-8-4-5-10-21(26)19-12-13-23(28-2)20(17-19)25-29-3/h6-7,9,11-13,17,24-25H,4-5,8,10,14-16H2,1-3H3. The molecule has 0 aliphatic heterocycles. The highest BCUT2D eigenvalue weighted by molar-refractivity contribution is 7.99. The van der Waals surface area contributed by atoms with Gasteiger partial charge in [-0.05, 0) is 62.2 Å². The predicted molar refractivity (Wildman–Crippen MR) is 122 cm³/mol. The molecule has 0 atom stereocenters. The normalized spacial score (nSPS) is 10.6. The van der Waals surface area contributed by atoms with Crippen molar-refractivity contribution in [1.29, 1.82) is 0 Å². The molecule has 2 rings (SSSR count). The number of carbonyl (C=O) groups excluding carboxylic acids is 1. The number of nitrogens with one attached hydrogen (secondary N) is 2. The van der Waals surface area contributed by atoms with Crippen molar-refractivity contribution >= 4 is 23.4 Å². The zero-order chi connectivity index (χ0) is 20.9. The largest absolute Gasteiger partial charge is 0.496 e. The molecule has 6 heteroatoms. The van der Waals surface area contributed by atoms with Crippen LogP contribution in [-0.2, 0) is 6.42 Å². The lowest BCUT2D eigenvalue weighted by Crippen LogP contribution is -2.18. The summed E-state index contributed by atoms with van der Waals surface area (Å²) < 4.78 is 13.9. The molecule has 2 aromatic carbocycles. The summed E-state index contributed by atoms with van der Waals surface area (Å²) in [7, 11) is 3.34. The number of rotatable bonds is 14. The first kappa shape index (κ1) is 23.1. The van der Waals surface area contributed by atoms with E-state index in [4.69, 9.17) is 9.47 Å². The Hall–Kier alpha value is -2.18. The Morgan fingerprint density at radius 3 is 2.52 bits per heavy atom. The molecule has 0 saturated heterocycles. The molecular formula is C23H32N2O3S. The molecular weight excluding hydrogens is 384 g/mol. The summed E-state index contributed by atoms with van der Waals surface area (Å²) in [5.74, 6) is 1.87. The first-order valence-corrected chi connectivity index (χ1v) is 11.2. The molecule has 0 aliphatic carbocycles. The van der Waals surface area contributed by atoms with Crippen LogP contribution in [0.5, 0.6) is 11.5 Å². The van der Waals surface area contributed by atoms with Crippen molar-refractivity contribution in [3.8, 4) is 11.5 Å². The second kappa shape index (κ2) is 13.1. The van der Waals surface area contributed by atoms with Crippen LogP contribution in [0.15, 0.2) is 42.5 Å². The Balaban J connectivity index is 1.63. The van der Waals surface area contributed by atoms with Crippen LogP contribution in [0.2, 0.25) is 0 Å². The van der Waals surface area contributed by atoms with Crippen molar-refractivity contribution < 1.29 is 14.3 Å². The zero-order valence-corrected chi connectivity index (χ0v) is 18.4. The molecule has 0 heterocycles. The van der Waals surface area contributed by atoms with Gasteiger partial charge < -0.3 is 19.5 Å². The van der Waals surface area contributed by atoms with Crippen molar-refractivity contribution in [3.05, 3.63) is 53.6 Å². The fourth-order valence-electron chi connectivity index (χ4n) is 3.19. The monoisotopic (exact) mass is 416 g/mol. The number of methoxy groups -OCH3 is 2. The van der Waals surface area contributed by atoms with E-state index in [0.29, 0.717) is 6.42 Å². The molecule has 0 amide bonds. The molecule has 0 radical (unpaired) electrons. The summed E-state index contributed by atoms with van der Waals surface area (Å²) in [5, 5.41) is 3.47. The van der Waals surface area contributed by atoms with Crippen molar-refractivity contribution in [2.45, 2.75) is 32.1 Å². The first-order valence-electron chi connectivity index (χ1n) is 10.0. The minimum atomic E-state index is 0.181. The van der Waals surface area contributed by atoms with E-state index >= 15 is 0 Å². The molecule has 0 fully saturated rings. The minimum Gasteiger partial charge on any atom is -0.496 e. The van der Waals surface area contributed by atoms with Crippen LogP contribution in [0.3, 0.4) is 0 Å². The number of carbonyl (C=O) groups is 1. The summed E-state index contributed by atoms with van der Waals surface area (Å²) in [6, 6.07) is 13.7. The van der Waals surface area contributed by atoms with Crippen LogP contribution in [0.25, 0.3) is 0 Å². The number of ketones is 1. The van der Waals surface area contributed by atoms with Gasteiger partial charge in [0.1, 0.15) is 11.5 Å². The van der Waals surface area contributed by atoms with Gasteiger partial charge in [0.2, 0.25) is 0 Å². The van der Waals surface area contributed by atoms with Crippen molar-refractivity contribution in [2.24, 2.45) is 0 Å². The molecule has 5 nitrogen and oxygen atoms in total. The second-order valence-electron chi connectivity index (χ2n) is 6.77. The van der Waals surface area contributed by atoms with E-state index in [1.807, 2.05) is 42.7 Å². The zero-order valence-electron chi connectivity index (χ0n) is 17.6. The molecule has 0 bridgehead atoms. The van der Waals surface area contributed by atoms with E-state index in [-0.39, 0.29) is 5.78 Å². The number of para-hydroxylation sites is 1. The van der Waals surface area contributed by atoms with Crippen LogP contribution in [0.1, 0.15) is 41.6 Å². The van der Waals surface area contributed by atoms with Gasteiger partial charge in [-0.15, -0.1) is 0 Å². The fraction of sp³-hybridized carbons (Fsp3) is 0.435. The number of hydrogen-bond acceptors (Lipinski definition) is 6. The van der Waals surface area contributed by atoms with Gasteiger partial charge in [0.15, 0.2) is 5.78 Å². The highest BCUT2D eigenvalue weighted by atomic mass is 32.2. The van der Waals surface area contributed by atoms with Crippen LogP contribution in [-0.4, -0.2) is 39.3 Å². The number of ether oxygens (including phenoxy) is 2. The van der Waals surface area contributed by atoms with E-state index in [0.717, 1.165) is 61.5 Å². The number of benzene rings is 2. The Morgan fingerprint density at radius 2 is 1.76 bits per heavy atom. The lowest BCUT2D eigenvalue weighted by atomic mass is 10.0. The van der Waals surface area contributed by atoms with Crippen LogP contribution in [0.4, 0.5) is 5.69 Å². The second-order valence-corrected chi connectivity index (χ2v) is 7.38. The maximum atomic E-state index is 12.5. The molecule has 0 spiro atoms. The molecule has 0 unspecified atom stereocenters. The number of unbranched alkanes of at least 4 members (excludes halogenated alkanes) is 2. The third-order valence-electron chi connectivity index (χ3n) is 4.75. The predicted octanol–water partition coefficient (Wildman–Crippen LogP) is 4.97. The average molecular weight is 417 g/mol. The number of Topliss-reactive ketones (excluding diaryl/α,β-unsaturated/α-hetero) is 1. The van der Waals surface area contributed by atoms with E-state index in [1.54, 1.807) is 14.2 Å². The van der Waals surface area contributed by atoms with Gasteiger partial charge in [0.25, 0.3) is 0 Å². The van der Waals surface area contributed by atoms with Gasteiger partial charge in [0.05, 0.1) is 19.9 Å². The summed E-state index contributed by atoms with van der Waals surface area (Å²) >= 11 is 1.48. The van der Waals surface area contributed by atoms with Gasteiger partial charge in [0, 0.05) is 18.2 Å². The average Bonchev–Trinajstić information content (AvgIpc) is 2.75.